The highest BCUT2D eigenvalue weighted by Gasteiger charge is 2.13. The molecule has 0 aliphatic carbocycles. The molecular weight excluding hydrogens is 262 g/mol. The molecule has 2 nitrogen and oxygen atoms in total. The van der Waals surface area contributed by atoms with E-state index in [9.17, 15) is 0 Å². The Labute approximate surface area is 123 Å². The van der Waals surface area contributed by atoms with Crippen molar-refractivity contribution in [3.05, 3.63) is 48.7 Å². The molecule has 0 unspecified atom stereocenters. The number of fused-ring (bicyclic) bond motifs is 1. The Morgan fingerprint density at radius 1 is 1.25 bits per heavy atom. The molecule has 2 aromatic rings. The van der Waals surface area contributed by atoms with Crippen molar-refractivity contribution in [1.82, 2.24) is 4.57 Å². The maximum absolute atomic E-state index is 5.91. The Bertz CT molecular complexity index is 580. The third-order valence-corrected chi connectivity index (χ3v) is 5.17. The van der Waals surface area contributed by atoms with E-state index in [0.29, 0.717) is 6.73 Å². The van der Waals surface area contributed by atoms with Crippen LogP contribution >= 0.6 is 0 Å². The van der Waals surface area contributed by atoms with E-state index < -0.39 is 8.07 Å². The monoisotopic (exact) mass is 287 g/mol. The highest BCUT2D eigenvalue weighted by molar-refractivity contribution is 6.76. The zero-order chi connectivity index (χ0) is 14.6. The molecule has 0 bridgehead atoms. The van der Waals surface area contributed by atoms with Crippen molar-refractivity contribution in [3.63, 3.8) is 0 Å². The van der Waals surface area contributed by atoms with Crippen molar-refractivity contribution in [2.45, 2.75) is 38.8 Å². The predicted molar refractivity (Wildman–Crippen MR) is 89.9 cm³/mol. The van der Waals surface area contributed by atoms with E-state index in [0.717, 1.165) is 13.0 Å². The van der Waals surface area contributed by atoms with Gasteiger partial charge in [0.15, 0.2) is 0 Å². The lowest BCUT2D eigenvalue weighted by molar-refractivity contribution is 0.0887. The van der Waals surface area contributed by atoms with Gasteiger partial charge in [-0.15, -0.1) is 6.58 Å². The van der Waals surface area contributed by atoms with Gasteiger partial charge in [0, 0.05) is 26.8 Å². The summed E-state index contributed by atoms with van der Waals surface area (Å²) in [5.74, 6) is 0. The SMILES string of the molecule is C=CCc1cc2ccccc2n1COCC[Si](C)(C)C. The Morgan fingerprint density at radius 3 is 2.70 bits per heavy atom. The molecule has 0 atom stereocenters. The smallest absolute Gasteiger partial charge is 0.123 e. The number of hydrogen-bond donors (Lipinski definition) is 0. The summed E-state index contributed by atoms with van der Waals surface area (Å²) in [4.78, 5) is 0. The first-order valence-electron chi connectivity index (χ1n) is 7.27. The molecule has 108 valence electrons. The van der Waals surface area contributed by atoms with Crippen LogP contribution in [0.3, 0.4) is 0 Å². The molecule has 2 rings (SSSR count). The second kappa shape index (κ2) is 6.42. The molecule has 0 saturated carbocycles. The number of aromatic nitrogens is 1. The van der Waals surface area contributed by atoms with Gasteiger partial charge >= 0.3 is 0 Å². The molecule has 0 radical (unpaired) electrons. The van der Waals surface area contributed by atoms with Gasteiger partial charge < -0.3 is 9.30 Å². The second-order valence-electron chi connectivity index (χ2n) is 6.46. The minimum Gasteiger partial charge on any atom is -0.361 e. The zero-order valence-electron chi connectivity index (χ0n) is 12.9. The molecule has 0 fully saturated rings. The van der Waals surface area contributed by atoms with Crippen LogP contribution in [-0.4, -0.2) is 19.2 Å². The molecule has 0 N–H and O–H groups in total. The molecule has 0 amide bonds. The maximum atomic E-state index is 5.91. The van der Waals surface area contributed by atoms with Crippen LogP contribution in [-0.2, 0) is 17.9 Å². The average Bonchev–Trinajstić information content (AvgIpc) is 2.72. The Morgan fingerprint density at radius 2 is 2.00 bits per heavy atom. The summed E-state index contributed by atoms with van der Waals surface area (Å²) < 4.78 is 8.18. The van der Waals surface area contributed by atoms with E-state index in [1.165, 1.54) is 22.6 Å². The van der Waals surface area contributed by atoms with E-state index in [-0.39, 0.29) is 0 Å². The first-order valence-corrected chi connectivity index (χ1v) is 11.0. The van der Waals surface area contributed by atoms with Crippen molar-refractivity contribution in [1.29, 1.82) is 0 Å². The number of hydrogen-bond acceptors (Lipinski definition) is 1. The summed E-state index contributed by atoms with van der Waals surface area (Å²) in [5, 5.41) is 1.28. The van der Waals surface area contributed by atoms with Crippen LogP contribution in [0.5, 0.6) is 0 Å². The molecule has 0 saturated heterocycles. The fourth-order valence-electron chi connectivity index (χ4n) is 2.27. The molecule has 0 spiro atoms. The Balaban J connectivity index is 2.11. The lowest BCUT2D eigenvalue weighted by atomic mass is 10.2. The standard InChI is InChI=1S/C17H25NOSi/c1-5-8-16-13-15-9-6-7-10-17(15)18(16)14-19-11-12-20(2,3)4/h5-7,9-10,13H,1,8,11-12,14H2,2-4H3. The van der Waals surface area contributed by atoms with Crippen molar-refractivity contribution in [3.8, 4) is 0 Å². The Hall–Kier alpha value is -1.32. The van der Waals surface area contributed by atoms with Crippen LogP contribution in [0.15, 0.2) is 43.0 Å². The van der Waals surface area contributed by atoms with E-state index >= 15 is 0 Å². The van der Waals surface area contributed by atoms with Gasteiger partial charge in [0.05, 0.1) is 5.52 Å². The summed E-state index contributed by atoms with van der Waals surface area (Å²) in [5.41, 5.74) is 2.52. The predicted octanol–water partition coefficient (Wildman–Crippen LogP) is 4.68. The first-order chi connectivity index (χ1) is 9.51. The van der Waals surface area contributed by atoms with Gasteiger partial charge in [-0.3, -0.25) is 0 Å². The zero-order valence-corrected chi connectivity index (χ0v) is 13.9. The normalized spacial score (nSPS) is 11.9. The fraction of sp³-hybridized carbons (Fsp3) is 0.412. The molecular formula is C17H25NOSi. The minimum atomic E-state index is -1.01. The lowest BCUT2D eigenvalue weighted by Gasteiger charge is -2.16. The quantitative estimate of drug-likeness (QED) is 0.409. The molecule has 1 heterocycles. The minimum absolute atomic E-state index is 0.640. The summed E-state index contributed by atoms with van der Waals surface area (Å²) in [7, 11) is -1.01. The summed E-state index contributed by atoms with van der Waals surface area (Å²) in [6.45, 7) is 12.5. The fourth-order valence-corrected chi connectivity index (χ4v) is 3.03. The van der Waals surface area contributed by atoms with Crippen LogP contribution in [0.25, 0.3) is 10.9 Å². The third-order valence-electron chi connectivity index (χ3n) is 3.47. The van der Waals surface area contributed by atoms with Gasteiger partial charge in [-0.05, 0) is 23.6 Å². The van der Waals surface area contributed by atoms with Crippen molar-refractivity contribution in [2.24, 2.45) is 0 Å². The van der Waals surface area contributed by atoms with Gasteiger partial charge in [0.1, 0.15) is 6.73 Å². The number of allylic oxidation sites excluding steroid dienone is 1. The van der Waals surface area contributed by atoms with Crippen molar-refractivity contribution < 1.29 is 4.74 Å². The van der Waals surface area contributed by atoms with Crippen LogP contribution in [0, 0.1) is 0 Å². The maximum Gasteiger partial charge on any atom is 0.123 e. The van der Waals surface area contributed by atoms with Crippen LogP contribution in [0.4, 0.5) is 0 Å². The summed E-state index contributed by atoms with van der Waals surface area (Å²) >= 11 is 0. The second-order valence-corrected chi connectivity index (χ2v) is 12.1. The van der Waals surface area contributed by atoms with Crippen LogP contribution in [0.1, 0.15) is 5.69 Å². The number of benzene rings is 1. The first kappa shape index (κ1) is 15.1. The largest absolute Gasteiger partial charge is 0.361 e. The number of ether oxygens (including phenoxy) is 1. The number of para-hydroxylation sites is 1. The lowest BCUT2D eigenvalue weighted by Crippen LogP contribution is -2.22. The van der Waals surface area contributed by atoms with Gasteiger partial charge in [0.2, 0.25) is 0 Å². The molecule has 20 heavy (non-hydrogen) atoms. The van der Waals surface area contributed by atoms with E-state index in [2.05, 4.69) is 61.1 Å². The average molecular weight is 287 g/mol. The topological polar surface area (TPSA) is 14.2 Å². The van der Waals surface area contributed by atoms with Crippen molar-refractivity contribution >= 4 is 19.0 Å². The van der Waals surface area contributed by atoms with Gasteiger partial charge in [-0.1, -0.05) is 43.9 Å². The van der Waals surface area contributed by atoms with Gasteiger partial charge in [0.25, 0.3) is 0 Å². The molecule has 1 aromatic carbocycles. The summed E-state index contributed by atoms with van der Waals surface area (Å²) in [6, 6.07) is 11.9. The van der Waals surface area contributed by atoms with E-state index in [1.54, 1.807) is 0 Å². The highest BCUT2D eigenvalue weighted by atomic mass is 28.3. The molecule has 0 aliphatic heterocycles. The van der Waals surface area contributed by atoms with Gasteiger partial charge in [-0.2, -0.15) is 0 Å². The van der Waals surface area contributed by atoms with Crippen LogP contribution < -0.4 is 0 Å². The summed E-state index contributed by atoms with van der Waals surface area (Å²) in [6.07, 6.45) is 2.83. The third kappa shape index (κ3) is 3.84. The molecule has 0 aliphatic rings. The van der Waals surface area contributed by atoms with E-state index in [1.807, 2.05) is 6.08 Å². The van der Waals surface area contributed by atoms with Gasteiger partial charge in [-0.25, -0.2) is 0 Å². The number of rotatable bonds is 7. The number of nitrogens with zero attached hydrogens (tertiary/aromatic N) is 1. The molecule has 3 heteroatoms. The van der Waals surface area contributed by atoms with Crippen molar-refractivity contribution in [2.75, 3.05) is 6.61 Å². The Kier molecular flexibility index (Phi) is 4.84. The van der Waals surface area contributed by atoms with Crippen LogP contribution in [0.2, 0.25) is 25.7 Å². The molecule has 1 aromatic heterocycles. The highest BCUT2D eigenvalue weighted by Crippen LogP contribution is 2.20. The van der Waals surface area contributed by atoms with E-state index in [4.69, 9.17) is 4.74 Å².